The first-order valence-electron chi connectivity index (χ1n) is 11.8. The van der Waals surface area contributed by atoms with Crippen LogP contribution in [0.2, 0.25) is 0 Å². The summed E-state index contributed by atoms with van der Waals surface area (Å²) in [6, 6.07) is 20.7. The highest BCUT2D eigenvalue weighted by molar-refractivity contribution is 6.08. The molecule has 36 heavy (non-hydrogen) atoms. The molecule has 1 atom stereocenters. The van der Waals surface area contributed by atoms with E-state index in [0.717, 1.165) is 11.3 Å². The Morgan fingerprint density at radius 1 is 1.03 bits per heavy atom. The monoisotopic (exact) mass is 483 g/mol. The predicted octanol–water partition coefficient (Wildman–Crippen LogP) is 4.72. The second-order valence-electron chi connectivity index (χ2n) is 9.10. The molecule has 2 amide bonds. The van der Waals surface area contributed by atoms with E-state index in [9.17, 15) is 14.0 Å². The topological polar surface area (TPSA) is 80.1 Å². The van der Waals surface area contributed by atoms with Crippen LogP contribution in [0.15, 0.2) is 79.1 Å². The number of carbonyl (C=O) groups is 2. The van der Waals surface area contributed by atoms with Crippen LogP contribution < -0.4 is 10.2 Å². The van der Waals surface area contributed by atoms with Crippen molar-refractivity contribution in [3.8, 4) is 0 Å². The molecule has 0 spiro atoms. The second-order valence-corrected chi connectivity index (χ2v) is 9.10. The average Bonchev–Trinajstić information content (AvgIpc) is 3.52. The van der Waals surface area contributed by atoms with Crippen LogP contribution >= 0.6 is 0 Å². The molecule has 3 aromatic carbocycles. The van der Waals surface area contributed by atoms with Crippen LogP contribution in [0.25, 0.3) is 0 Å². The lowest BCUT2D eigenvalue weighted by Gasteiger charge is -2.18. The largest absolute Gasteiger partial charge is 0.348 e. The number of benzene rings is 3. The fourth-order valence-electron chi connectivity index (χ4n) is 4.38. The summed E-state index contributed by atoms with van der Waals surface area (Å²) in [5, 5.41) is 7.49. The van der Waals surface area contributed by atoms with E-state index in [1.54, 1.807) is 58.4 Å². The number of fused-ring (bicyclic) bond motifs is 1. The Bertz CT molecular complexity index is 1420. The number of halogens is 1. The van der Waals surface area contributed by atoms with Crippen molar-refractivity contribution >= 4 is 17.5 Å². The van der Waals surface area contributed by atoms with E-state index >= 15 is 0 Å². The number of nitrogens with one attached hydrogen (secondary N) is 1. The Balaban J connectivity index is 1.46. The molecule has 1 aliphatic heterocycles. The van der Waals surface area contributed by atoms with E-state index in [1.807, 2.05) is 32.0 Å². The van der Waals surface area contributed by atoms with Gasteiger partial charge in [0.1, 0.15) is 12.1 Å². The average molecular weight is 484 g/mol. The van der Waals surface area contributed by atoms with E-state index in [-0.39, 0.29) is 36.1 Å². The lowest BCUT2D eigenvalue weighted by atomic mass is 9.98. The molecule has 8 heteroatoms. The van der Waals surface area contributed by atoms with Crippen molar-refractivity contribution in [3.05, 3.63) is 113 Å². The van der Waals surface area contributed by atoms with E-state index in [2.05, 4.69) is 15.4 Å². The molecule has 1 aromatic heterocycles. The van der Waals surface area contributed by atoms with Gasteiger partial charge in [-0.3, -0.25) is 14.3 Å². The summed E-state index contributed by atoms with van der Waals surface area (Å²) in [5.74, 6) is -0.423. The number of aromatic nitrogens is 3. The third kappa shape index (κ3) is 4.62. The molecule has 0 aliphatic carbocycles. The van der Waals surface area contributed by atoms with Crippen molar-refractivity contribution in [1.29, 1.82) is 0 Å². The maximum Gasteiger partial charge on any atom is 0.258 e. The molecule has 4 aromatic rings. The molecule has 5 rings (SSSR count). The predicted molar refractivity (Wildman–Crippen MR) is 134 cm³/mol. The lowest BCUT2D eigenvalue weighted by molar-refractivity contribution is 0.0949. The molecule has 0 radical (unpaired) electrons. The first kappa shape index (κ1) is 23.4. The van der Waals surface area contributed by atoms with Crippen LogP contribution in [-0.4, -0.2) is 33.1 Å². The Kier molecular flexibility index (Phi) is 6.33. The van der Waals surface area contributed by atoms with Crippen molar-refractivity contribution in [2.24, 2.45) is 0 Å². The zero-order valence-corrected chi connectivity index (χ0v) is 20.1. The summed E-state index contributed by atoms with van der Waals surface area (Å²) in [6.07, 6.45) is 1.69. The third-order valence-electron chi connectivity index (χ3n) is 6.30. The molecule has 0 saturated carbocycles. The van der Waals surface area contributed by atoms with Gasteiger partial charge in [0.2, 0.25) is 0 Å². The number of hydrogen-bond acceptors (Lipinski definition) is 4. The number of hydrogen-bond donors (Lipinski definition) is 1. The van der Waals surface area contributed by atoms with Crippen molar-refractivity contribution in [2.45, 2.75) is 32.4 Å². The Labute approximate surface area is 208 Å². The van der Waals surface area contributed by atoms with Gasteiger partial charge < -0.3 is 10.2 Å². The quantitative estimate of drug-likeness (QED) is 0.430. The van der Waals surface area contributed by atoms with E-state index in [4.69, 9.17) is 0 Å². The smallest absolute Gasteiger partial charge is 0.258 e. The third-order valence-corrected chi connectivity index (χ3v) is 6.30. The van der Waals surface area contributed by atoms with Gasteiger partial charge in [-0.15, -0.1) is 0 Å². The van der Waals surface area contributed by atoms with Gasteiger partial charge in [-0.1, -0.05) is 30.3 Å². The highest BCUT2D eigenvalue weighted by Crippen LogP contribution is 2.40. The van der Waals surface area contributed by atoms with Crippen LogP contribution in [-0.2, 0) is 6.54 Å². The van der Waals surface area contributed by atoms with Gasteiger partial charge in [0.25, 0.3) is 11.8 Å². The van der Waals surface area contributed by atoms with Gasteiger partial charge in [-0.25, -0.2) is 9.37 Å². The number of nitrogens with zero attached hydrogens (tertiary/aromatic N) is 4. The zero-order chi connectivity index (χ0) is 25.2. The summed E-state index contributed by atoms with van der Waals surface area (Å²) < 4.78 is 15.3. The van der Waals surface area contributed by atoms with Crippen molar-refractivity contribution in [1.82, 2.24) is 20.1 Å². The normalized spacial score (nSPS) is 14.7. The highest BCUT2D eigenvalue weighted by atomic mass is 19.1. The summed E-state index contributed by atoms with van der Waals surface area (Å²) in [4.78, 5) is 32.6. The van der Waals surface area contributed by atoms with Crippen LogP contribution in [0, 0.1) is 5.82 Å². The molecular weight excluding hydrogens is 457 g/mol. The Morgan fingerprint density at radius 3 is 2.56 bits per heavy atom. The van der Waals surface area contributed by atoms with Gasteiger partial charge in [-0.2, -0.15) is 5.10 Å². The fourth-order valence-corrected chi connectivity index (χ4v) is 4.38. The molecule has 182 valence electrons. The van der Waals surface area contributed by atoms with E-state index in [0.29, 0.717) is 29.1 Å². The number of anilines is 1. The highest BCUT2D eigenvalue weighted by Gasteiger charge is 2.36. The minimum Gasteiger partial charge on any atom is -0.348 e. The molecule has 1 N–H and O–H groups in total. The summed E-state index contributed by atoms with van der Waals surface area (Å²) in [6.45, 7) is 4.62. The molecule has 0 unspecified atom stereocenters. The van der Waals surface area contributed by atoms with Crippen molar-refractivity contribution < 1.29 is 14.0 Å². The minimum atomic E-state index is -0.348. The SMILES string of the molecule is CC(C)n1cnc([C@H]2CN(C(=O)c3ccccc3)c3ccc(C(=O)NCc4cccc(F)c4)cc32)n1. The summed E-state index contributed by atoms with van der Waals surface area (Å²) >= 11 is 0. The molecule has 2 heterocycles. The van der Waals surface area contributed by atoms with E-state index in [1.165, 1.54) is 12.1 Å². The first-order valence-corrected chi connectivity index (χ1v) is 11.8. The zero-order valence-electron chi connectivity index (χ0n) is 20.1. The van der Waals surface area contributed by atoms with Crippen molar-refractivity contribution in [2.75, 3.05) is 11.4 Å². The number of amides is 2. The van der Waals surface area contributed by atoms with E-state index < -0.39 is 0 Å². The van der Waals surface area contributed by atoms with Gasteiger partial charge >= 0.3 is 0 Å². The molecule has 0 saturated heterocycles. The van der Waals surface area contributed by atoms with Crippen LogP contribution in [0.3, 0.4) is 0 Å². The fraction of sp³-hybridized carbons (Fsp3) is 0.214. The molecular formula is C28H26FN5O2. The van der Waals surface area contributed by atoms with Crippen LogP contribution in [0.1, 0.15) is 63.5 Å². The minimum absolute atomic E-state index is 0.119. The van der Waals surface area contributed by atoms with Gasteiger partial charge in [0.15, 0.2) is 5.82 Å². The Morgan fingerprint density at radius 2 is 1.83 bits per heavy atom. The summed E-state index contributed by atoms with van der Waals surface area (Å²) in [5.41, 5.74) is 3.26. The number of rotatable bonds is 6. The molecule has 0 fully saturated rings. The van der Waals surface area contributed by atoms with Crippen LogP contribution in [0.4, 0.5) is 10.1 Å². The first-order chi connectivity index (χ1) is 17.4. The van der Waals surface area contributed by atoms with Crippen molar-refractivity contribution in [3.63, 3.8) is 0 Å². The maximum atomic E-state index is 13.5. The molecule has 7 nitrogen and oxygen atoms in total. The van der Waals surface area contributed by atoms with Gasteiger partial charge in [0.05, 0.1) is 5.92 Å². The lowest BCUT2D eigenvalue weighted by Crippen LogP contribution is -2.30. The standard InChI is InChI=1S/C28H26FN5O2/c1-18(2)34-17-31-26(32-34)24-16-33(28(36)20-8-4-3-5-9-20)25-12-11-21(14-23(24)25)27(35)30-15-19-7-6-10-22(29)13-19/h3-14,17-18,24H,15-16H2,1-2H3,(H,30,35)/t24-/m0/s1. The van der Waals surface area contributed by atoms with Gasteiger partial charge in [-0.05, 0) is 67.4 Å². The Hall–Kier alpha value is -4.33. The maximum absolute atomic E-state index is 13.5. The van der Waals surface area contributed by atoms with Crippen LogP contribution in [0.5, 0.6) is 0 Å². The number of carbonyl (C=O) groups excluding carboxylic acids is 2. The second kappa shape index (κ2) is 9.73. The van der Waals surface area contributed by atoms with Gasteiger partial charge in [0, 0.05) is 35.9 Å². The molecule has 1 aliphatic rings. The molecule has 0 bridgehead atoms. The summed E-state index contributed by atoms with van der Waals surface area (Å²) in [7, 11) is 0.